The first-order valence-electron chi connectivity index (χ1n) is 7.27. The van der Waals surface area contributed by atoms with Crippen LogP contribution in [0.5, 0.6) is 0 Å². The van der Waals surface area contributed by atoms with Crippen molar-refractivity contribution in [2.75, 3.05) is 5.32 Å². The Bertz CT molecular complexity index is 996. The van der Waals surface area contributed by atoms with Crippen LogP contribution in [-0.2, 0) is 17.5 Å². The Morgan fingerprint density at radius 2 is 1.76 bits per heavy atom. The minimum absolute atomic E-state index is 0.367. The van der Waals surface area contributed by atoms with Gasteiger partial charge in [-0.15, -0.1) is 0 Å². The fourth-order valence-corrected chi connectivity index (χ4v) is 2.41. The van der Waals surface area contributed by atoms with Crippen LogP contribution in [0.25, 0.3) is 10.8 Å². The second-order valence-corrected chi connectivity index (χ2v) is 5.29. The summed E-state index contributed by atoms with van der Waals surface area (Å²) in [6.07, 6.45) is -3.17. The quantitative estimate of drug-likeness (QED) is 0.792. The van der Waals surface area contributed by atoms with Gasteiger partial charge in [0, 0.05) is 5.39 Å². The topological polar surface area (TPSA) is 64.0 Å². The molecular weight excluding hydrogens is 335 g/mol. The third-order valence-electron chi connectivity index (χ3n) is 3.56. The lowest BCUT2D eigenvalue weighted by atomic mass is 10.1. The first-order valence-corrected chi connectivity index (χ1v) is 7.27. The summed E-state index contributed by atoms with van der Waals surface area (Å²) in [5.74, 6) is -0.776. The van der Waals surface area contributed by atoms with E-state index in [1.54, 1.807) is 24.3 Å². The zero-order valence-electron chi connectivity index (χ0n) is 12.7. The van der Waals surface area contributed by atoms with Crippen LogP contribution in [-0.4, -0.2) is 15.7 Å². The van der Waals surface area contributed by atoms with Crippen LogP contribution < -0.4 is 10.9 Å². The second-order valence-electron chi connectivity index (χ2n) is 5.29. The Hall–Kier alpha value is -3.16. The Balaban J connectivity index is 1.85. The molecule has 3 rings (SSSR count). The summed E-state index contributed by atoms with van der Waals surface area (Å²) in [7, 11) is 0. The van der Waals surface area contributed by atoms with Gasteiger partial charge in [-0.1, -0.05) is 30.3 Å². The molecule has 1 amide bonds. The van der Waals surface area contributed by atoms with Gasteiger partial charge in [0.25, 0.3) is 5.56 Å². The average molecular weight is 347 g/mol. The molecule has 128 valence electrons. The maximum Gasteiger partial charge on any atom is 0.418 e. The van der Waals surface area contributed by atoms with Crippen LogP contribution in [0.2, 0.25) is 0 Å². The molecule has 8 heteroatoms. The third-order valence-corrected chi connectivity index (χ3v) is 3.56. The van der Waals surface area contributed by atoms with E-state index in [9.17, 15) is 22.8 Å². The van der Waals surface area contributed by atoms with Crippen molar-refractivity contribution in [3.05, 3.63) is 70.6 Å². The van der Waals surface area contributed by atoms with E-state index < -0.39 is 29.8 Å². The Morgan fingerprint density at radius 1 is 1.08 bits per heavy atom. The van der Waals surface area contributed by atoms with Crippen molar-refractivity contribution in [3.63, 3.8) is 0 Å². The van der Waals surface area contributed by atoms with Gasteiger partial charge in [0.2, 0.25) is 5.91 Å². The lowest BCUT2D eigenvalue weighted by Gasteiger charge is -2.13. The minimum Gasteiger partial charge on any atom is -0.324 e. The first-order chi connectivity index (χ1) is 11.9. The van der Waals surface area contributed by atoms with Crippen molar-refractivity contribution in [3.8, 4) is 0 Å². The molecule has 0 aliphatic rings. The molecule has 1 heterocycles. The molecule has 0 saturated heterocycles. The number of halogens is 3. The van der Waals surface area contributed by atoms with Crippen LogP contribution >= 0.6 is 0 Å². The van der Waals surface area contributed by atoms with Crippen molar-refractivity contribution in [2.45, 2.75) is 12.7 Å². The molecule has 0 aliphatic carbocycles. The molecule has 0 aliphatic heterocycles. The second kappa shape index (κ2) is 6.39. The number of benzene rings is 2. The highest BCUT2D eigenvalue weighted by atomic mass is 19.4. The monoisotopic (exact) mass is 347 g/mol. The molecular formula is C17H12F3N3O2. The molecule has 0 radical (unpaired) electrons. The first kappa shape index (κ1) is 16.7. The van der Waals surface area contributed by atoms with Gasteiger partial charge in [-0.3, -0.25) is 9.59 Å². The van der Waals surface area contributed by atoms with E-state index in [0.29, 0.717) is 10.8 Å². The van der Waals surface area contributed by atoms with Crippen molar-refractivity contribution in [2.24, 2.45) is 0 Å². The van der Waals surface area contributed by atoms with Gasteiger partial charge in [-0.05, 0) is 18.2 Å². The number of aromatic nitrogens is 2. The lowest BCUT2D eigenvalue weighted by molar-refractivity contribution is -0.137. The van der Waals surface area contributed by atoms with E-state index >= 15 is 0 Å². The predicted octanol–water partition coefficient (Wildman–Crippen LogP) is 3.05. The van der Waals surface area contributed by atoms with Crippen molar-refractivity contribution < 1.29 is 18.0 Å². The Labute approximate surface area is 139 Å². The summed E-state index contributed by atoms with van der Waals surface area (Å²) < 4.78 is 39.7. The van der Waals surface area contributed by atoms with Crippen LogP contribution in [0.15, 0.2) is 59.5 Å². The van der Waals surface area contributed by atoms with Gasteiger partial charge in [-0.25, -0.2) is 4.68 Å². The van der Waals surface area contributed by atoms with Crippen LogP contribution in [0.1, 0.15) is 5.56 Å². The number of fused-ring (bicyclic) bond motifs is 1. The number of amides is 1. The molecule has 1 N–H and O–H groups in total. The number of hydrogen-bond acceptors (Lipinski definition) is 3. The molecule has 0 fully saturated rings. The molecule has 0 spiro atoms. The lowest BCUT2D eigenvalue weighted by Crippen LogP contribution is -2.30. The highest BCUT2D eigenvalue weighted by Crippen LogP contribution is 2.34. The van der Waals surface area contributed by atoms with E-state index in [1.165, 1.54) is 18.3 Å². The van der Waals surface area contributed by atoms with Crippen molar-refractivity contribution in [1.29, 1.82) is 0 Å². The van der Waals surface area contributed by atoms with Gasteiger partial charge in [0.1, 0.15) is 6.54 Å². The number of rotatable bonds is 3. The maximum atomic E-state index is 12.9. The highest BCUT2D eigenvalue weighted by Gasteiger charge is 2.33. The van der Waals surface area contributed by atoms with Crippen LogP contribution in [0.3, 0.4) is 0 Å². The molecule has 0 atom stereocenters. The zero-order chi connectivity index (χ0) is 18.0. The molecule has 1 aromatic heterocycles. The van der Waals surface area contributed by atoms with Crippen molar-refractivity contribution in [1.82, 2.24) is 9.78 Å². The van der Waals surface area contributed by atoms with Gasteiger partial charge in [0.05, 0.1) is 22.8 Å². The molecule has 0 unspecified atom stereocenters. The number of alkyl halides is 3. The number of hydrogen-bond donors (Lipinski definition) is 1. The number of nitrogens with one attached hydrogen (secondary N) is 1. The minimum atomic E-state index is -4.60. The Morgan fingerprint density at radius 3 is 2.52 bits per heavy atom. The summed E-state index contributed by atoms with van der Waals surface area (Å²) in [4.78, 5) is 24.4. The highest BCUT2D eigenvalue weighted by molar-refractivity contribution is 5.91. The van der Waals surface area contributed by atoms with Crippen molar-refractivity contribution >= 4 is 22.4 Å². The summed E-state index contributed by atoms with van der Waals surface area (Å²) in [6, 6.07) is 11.3. The smallest absolute Gasteiger partial charge is 0.324 e. The van der Waals surface area contributed by atoms with Crippen LogP contribution in [0, 0.1) is 0 Å². The molecule has 0 saturated carbocycles. The molecule has 3 aromatic rings. The zero-order valence-corrected chi connectivity index (χ0v) is 12.7. The summed E-state index contributed by atoms with van der Waals surface area (Å²) in [6.45, 7) is -0.490. The SMILES string of the molecule is O=C(Cn1ncc2ccccc2c1=O)Nc1ccccc1C(F)(F)F. The molecule has 2 aromatic carbocycles. The third kappa shape index (κ3) is 3.52. The standard InChI is InChI=1S/C17H12F3N3O2/c18-17(19,20)13-7-3-4-8-14(13)22-15(24)10-23-16(25)12-6-2-1-5-11(12)9-21-23/h1-9H,10H2,(H,22,24). The normalized spacial score (nSPS) is 11.5. The number of anilines is 1. The van der Waals surface area contributed by atoms with E-state index in [2.05, 4.69) is 10.4 Å². The maximum absolute atomic E-state index is 12.9. The van der Waals surface area contributed by atoms with E-state index in [4.69, 9.17) is 0 Å². The van der Waals surface area contributed by atoms with E-state index in [-0.39, 0.29) is 5.69 Å². The number of carbonyl (C=O) groups is 1. The van der Waals surface area contributed by atoms with Gasteiger partial charge < -0.3 is 5.32 Å². The average Bonchev–Trinajstić information content (AvgIpc) is 2.57. The van der Waals surface area contributed by atoms with E-state index in [0.717, 1.165) is 16.8 Å². The largest absolute Gasteiger partial charge is 0.418 e. The fourth-order valence-electron chi connectivity index (χ4n) is 2.41. The van der Waals surface area contributed by atoms with Crippen LogP contribution in [0.4, 0.5) is 18.9 Å². The Kier molecular flexibility index (Phi) is 4.26. The van der Waals surface area contributed by atoms with Gasteiger partial charge in [0.15, 0.2) is 0 Å². The number of para-hydroxylation sites is 1. The number of nitrogens with zero attached hydrogens (tertiary/aromatic N) is 2. The van der Waals surface area contributed by atoms with Gasteiger partial charge in [-0.2, -0.15) is 18.3 Å². The number of carbonyl (C=O) groups excluding carboxylic acids is 1. The van der Waals surface area contributed by atoms with E-state index in [1.807, 2.05) is 0 Å². The molecule has 0 bridgehead atoms. The molecule has 5 nitrogen and oxygen atoms in total. The van der Waals surface area contributed by atoms with Gasteiger partial charge >= 0.3 is 6.18 Å². The summed E-state index contributed by atoms with van der Waals surface area (Å²) in [5.41, 5.74) is -1.81. The summed E-state index contributed by atoms with van der Waals surface area (Å²) in [5, 5.41) is 7.06. The fraction of sp³-hybridized carbons (Fsp3) is 0.118. The predicted molar refractivity (Wildman–Crippen MR) is 86.1 cm³/mol. The molecule has 25 heavy (non-hydrogen) atoms. The summed E-state index contributed by atoms with van der Waals surface area (Å²) >= 11 is 0.